The third kappa shape index (κ3) is 2.63. The Labute approximate surface area is 127 Å². The van der Waals surface area contributed by atoms with E-state index < -0.39 is 5.60 Å². The van der Waals surface area contributed by atoms with Crippen LogP contribution >= 0.6 is 27.5 Å². The first kappa shape index (κ1) is 13.7. The molecule has 1 saturated heterocycles. The Kier molecular flexibility index (Phi) is 3.76. The molecule has 2 atom stereocenters. The van der Waals surface area contributed by atoms with Crippen molar-refractivity contribution in [2.75, 3.05) is 18.0 Å². The number of anilines is 1. The molecule has 2 aliphatic rings. The second-order valence-electron chi connectivity index (χ2n) is 5.70. The lowest BCUT2D eigenvalue weighted by Crippen LogP contribution is -2.53. The minimum Gasteiger partial charge on any atom is -0.389 e. The smallest absolute Gasteiger partial charge is 0.142 e. The van der Waals surface area contributed by atoms with Gasteiger partial charge in [-0.05, 0) is 41.3 Å². The number of hydrogen-bond acceptors (Lipinski definition) is 3. The molecule has 19 heavy (non-hydrogen) atoms. The summed E-state index contributed by atoms with van der Waals surface area (Å²) in [6, 6.07) is 1.88. The number of halogens is 2. The van der Waals surface area contributed by atoms with Gasteiger partial charge in [-0.1, -0.05) is 24.4 Å². The highest BCUT2D eigenvalue weighted by molar-refractivity contribution is 9.10. The summed E-state index contributed by atoms with van der Waals surface area (Å²) in [4.78, 5) is 6.70. The Morgan fingerprint density at radius 2 is 2.26 bits per heavy atom. The number of nitrogens with zero attached hydrogens (tertiary/aromatic N) is 2. The van der Waals surface area contributed by atoms with Gasteiger partial charge in [-0.25, -0.2) is 4.98 Å². The van der Waals surface area contributed by atoms with E-state index >= 15 is 0 Å². The predicted octanol–water partition coefficient (Wildman–Crippen LogP) is 3.63. The number of aromatic nitrogens is 1. The fraction of sp³-hybridized carbons (Fsp3) is 0.643. The summed E-state index contributed by atoms with van der Waals surface area (Å²) in [5, 5.41) is 11.3. The zero-order chi connectivity index (χ0) is 13.5. The minimum absolute atomic E-state index is 0.374. The molecule has 2 unspecified atom stereocenters. The first-order valence-corrected chi connectivity index (χ1v) is 8.04. The van der Waals surface area contributed by atoms with Crippen LogP contribution < -0.4 is 4.90 Å². The number of fused-ring (bicyclic) bond motifs is 1. The van der Waals surface area contributed by atoms with Gasteiger partial charge in [0.25, 0.3) is 0 Å². The normalized spacial score (nSPS) is 31.1. The molecule has 0 aromatic carbocycles. The Balaban J connectivity index is 1.80. The van der Waals surface area contributed by atoms with Crippen molar-refractivity contribution >= 4 is 33.3 Å². The molecule has 104 valence electrons. The first-order chi connectivity index (χ1) is 9.08. The average Bonchev–Trinajstić information content (AvgIpc) is 2.38. The molecule has 1 aliphatic carbocycles. The summed E-state index contributed by atoms with van der Waals surface area (Å²) in [5.41, 5.74) is -0.437. The van der Waals surface area contributed by atoms with E-state index in [0.29, 0.717) is 10.9 Å². The number of pyridine rings is 1. The topological polar surface area (TPSA) is 36.4 Å². The van der Waals surface area contributed by atoms with Crippen molar-refractivity contribution in [1.82, 2.24) is 4.98 Å². The highest BCUT2D eigenvalue weighted by atomic mass is 79.9. The van der Waals surface area contributed by atoms with Gasteiger partial charge in [-0.3, -0.25) is 0 Å². The molecule has 2 heterocycles. The van der Waals surface area contributed by atoms with E-state index in [1.54, 1.807) is 6.20 Å². The summed E-state index contributed by atoms with van der Waals surface area (Å²) in [6.07, 6.45) is 7.00. The molecular formula is C14H18BrClN2O. The molecule has 3 nitrogen and oxygen atoms in total. The van der Waals surface area contributed by atoms with E-state index in [4.69, 9.17) is 11.6 Å². The summed E-state index contributed by atoms with van der Waals surface area (Å²) < 4.78 is 0.932. The lowest BCUT2D eigenvalue weighted by molar-refractivity contribution is -0.0613. The van der Waals surface area contributed by atoms with Crippen molar-refractivity contribution < 1.29 is 5.11 Å². The van der Waals surface area contributed by atoms with Crippen LogP contribution in [0.1, 0.15) is 32.1 Å². The lowest BCUT2D eigenvalue weighted by atomic mass is 9.71. The van der Waals surface area contributed by atoms with E-state index in [1.807, 2.05) is 6.07 Å². The molecule has 0 amide bonds. The molecule has 3 rings (SSSR count). The van der Waals surface area contributed by atoms with Gasteiger partial charge < -0.3 is 10.0 Å². The van der Waals surface area contributed by atoms with Gasteiger partial charge in [0.2, 0.25) is 0 Å². The molecule has 0 radical (unpaired) electrons. The third-order valence-electron chi connectivity index (χ3n) is 4.52. The molecule has 1 aromatic rings. The van der Waals surface area contributed by atoms with Gasteiger partial charge in [0.15, 0.2) is 0 Å². The Morgan fingerprint density at radius 1 is 1.42 bits per heavy atom. The minimum atomic E-state index is -0.437. The molecule has 1 N–H and O–H groups in total. The van der Waals surface area contributed by atoms with Crippen molar-refractivity contribution in [3.63, 3.8) is 0 Å². The Hall–Kier alpha value is -0.320. The van der Waals surface area contributed by atoms with Crippen LogP contribution in [0.4, 0.5) is 5.82 Å². The van der Waals surface area contributed by atoms with Crippen molar-refractivity contribution in [3.8, 4) is 0 Å². The second kappa shape index (κ2) is 5.23. The van der Waals surface area contributed by atoms with Crippen LogP contribution in [0, 0.1) is 5.92 Å². The average molecular weight is 346 g/mol. The Bertz CT molecular complexity index is 485. The third-order valence-corrected chi connectivity index (χ3v) is 5.31. The fourth-order valence-electron chi connectivity index (χ4n) is 3.40. The monoisotopic (exact) mass is 344 g/mol. The van der Waals surface area contributed by atoms with E-state index in [2.05, 4.69) is 25.8 Å². The van der Waals surface area contributed by atoms with Gasteiger partial charge in [0, 0.05) is 25.2 Å². The van der Waals surface area contributed by atoms with Crippen LogP contribution in [0.25, 0.3) is 0 Å². The van der Waals surface area contributed by atoms with Crippen LogP contribution in [-0.4, -0.2) is 28.8 Å². The number of rotatable bonds is 1. The largest absolute Gasteiger partial charge is 0.389 e. The molecule has 2 fully saturated rings. The van der Waals surface area contributed by atoms with Gasteiger partial charge in [-0.15, -0.1) is 0 Å². The number of piperidine rings is 1. The molecule has 0 bridgehead atoms. The van der Waals surface area contributed by atoms with Gasteiger partial charge in [-0.2, -0.15) is 0 Å². The van der Waals surface area contributed by atoms with Crippen LogP contribution in [-0.2, 0) is 0 Å². The maximum absolute atomic E-state index is 10.7. The van der Waals surface area contributed by atoms with E-state index in [0.717, 1.165) is 49.1 Å². The van der Waals surface area contributed by atoms with Crippen molar-refractivity contribution in [2.45, 2.75) is 37.7 Å². The lowest BCUT2D eigenvalue weighted by Gasteiger charge is -2.47. The zero-order valence-electron chi connectivity index (χ0n) is 10.8. The summed E-state index contributed by atoms with van der Waals surface area (Å²) in [7, 11) is 0. The molecule has 0 spiro atoms. The standard InChI is InChI=1S/C14H18BrClN2O/c15-12-7-11(16)8-17-13(12)18-6-5-14(19)4-2-1-3-10(14)9-18/h7-8,10,19H,1-6,9H2. The molecule has 1 saturated carbocycles. The maximum atomic E-state index is 10.7. The van der Waals surface area contributed by atoms with Crippen LogP contribution in [0.3, 0.4) is 0 Å². The van der Waals surface area contributed by atoms with Crippen LogP contribution in [0.5, 0.6) is 0 Å². The summed E-state index contributed by atoms with van der Waals surface area (Å²) in [6.45, 7) is 1.75. The molecule has 1 aliphatic heterocycles. The van der Waals surface area contributed by atoms with E-state index in [1.165, 1.54) is 6.42 Å². The first-order valence-electron chi connectivity index (χ1n) is 6.87. The second-order valence-corrected chi connectivity index (χ2v) is 6.99. The maximum Gasteiger partial charge on any atom is 0.142 e. The molecule has 5 heteroatoms. The SMILES string of the molecule is OC12CCCCC1CN(c1ncc(Cl)cc1Br)CC2. The van der Waals surface area contributed by atoms with Crippen LogP contribution in [0.15, 0.2) is 16.7 Å². The van der Waals surface area contributed by atoms with Crippen LogP contribution in [0.2, 0.25) is 5.02 Å². The van der Waals surface area contributed by atoms with E-state index in [9.17, 15) is 5.11 Å². The van der Waals surface area contributed by atoms with Crippen molar-refractivity contribution in [2.24, 2.45) is 5.92 Å². The van der Waals surface area contributed by atoms with Crippen molar-refractivity contribution in [1.29, 1.82) is 0 Å². The fourth-order valence-corrected chi connectivity index (χ4v) is 4.29. The molecule has 1 aromatic heterocycles. The van der Waals surface area contributed by atoms with Gasteiger partial charge in [0.1, 0.15) is 5.82 Å². The zero-order valence-corrected chi connectivity index (χ0v) is 13.1. The summed E-state index contributed by atoms with van der Waals surface area (Å²) >= 11 is 9.47. The highest BCUT2D eigenvalue weighted by Crippen LogP contribution is 2.41. The van der Waals surface area contributed by atoms with Gasteiger partial charge in [0.05, 0.1) is 15.1 Å². The van der Waals surface area contributed by atoms with Crippen molar-refractivity contribution in [3.05, 3.63) is 21.8 Å². The van der Waals surface area contributed by atoms with Gasteiger partial charge >= 0.3 is 0 Å². The molecular weight excluding hydrogens is 328 g/mol. The quantitative estimate of drug-likeness (QED) is 0.844. The predicted molar refractivity (Wildman–Crippen MR) is 80.7 cm³/mol. The number of hydrogen-bond donors (Lipinski definition) is 1. The van der Waals surface area contributed by atoms with E-state index in [-0.39, 0.29) is 0 Å². The highest BCUT2D eigenvalue weighted by Gasteiger charge is 2.43. The number of aliphatic hydroxyl groups is 1. The Morgan fingerprint density at radius 3 is 3.05 bits per heavy atom. The summed E-state index contributed by atoms with van der Waals surface area (Å²) in [5.74, 6) is 1.32.